The van der Waals surface area contributed by atoms with Crippen LogP contribution in [-0.4, -0.2) is 42.0 Å². The molecule has 0 saturated heterocycles. The minimum atomic E-state index is -0.820. The molecule has 2 aromatic carbocycles. The zero-order valence-corrected chi connectivity index (χ0v) is 23.1. The maximum atomic E-state index is 13.3. The number of furan rings is 1. The van der Waals surface area contributed by atoms with E-state index in [0.717, 1.165) is 11.3 Å². The number of thioether (sulfide) groups is 1. The molecule has 38 heavy (non-hydrogen) atoms. The second-order valence-electron chi connectivity index (χ2n) is 9.26. The Morgan fingerprint density at radius 1 is 0.947 bits per heavy atom. The second-order valence-corrected chi connectivity index (χ2v) is 10.7. The van der Waals surface area contributed by atoms with Gasteiger partial charge in [0.05, 0.1) is 28.8 Å². The normalized spacial score (nSPS) is 12.5. The lowest BCUT2D eigenvalue weighted by atomic mass is 10.00. The van der Waals surface area contributed by atoms with Crippen LogP contribution in [0.25, 0.3) is 0 Å². The molecule has 0 spiro atoms. The molecule has 9 heteroatoms. The Morgan fingerprint density at radius 2 is 1.68 bits per heavy atom. The number of para-hydroxylation sites is 1. The molecule has 2 atom stereocenters. The molecule has 0 aliphatic heterocycles. The molecule has 0 aliphatic carbocycles. The number of carbonyl (C=O) groups excluding carboxylic acids is 3. The van der Waals surface area contributed by atoms with Gasteiger partial charge in [0.2, 0.25) is 5.91 Å². The SMILES string of the molecule is CC(C)CC(NC(=O)COc1ccccc1Cl)C(=O)NC(Cc1ccccc1)C(=O)CSCc1ccco1. The molecule has 3 aromatic rings. The summed E-state index contributed by atoms with van der Waals surface area (Å²) in [5, 5.41) is 6.05. The predicted octanol–water partition coefficient (Wildman–Crippen LogP) is 5.07. The van der Waals surface area contributed by atoms with Crippen molar-refractivity contribution in [1.29, 1.82) is 0 Å². The van der Waals surface area contributed by atoms with Crippen molar-refractivity contribution < 1.29 is 23.5 Å². The van der Waals surface area contributed by atoms with Gasteiger partial charge in [-0.05, 0) is 48.6 Å². The Bertz CT molecular complexity index is 1170. The fourth-order valence-electron chi connectivity index (χ4n) is 3.76. The fraction of sp³-hybridized carbons (Fsp3) is 0.345. The first-order valence-electron chi connectivity index (χ1n) is 12.5. The summed E-state index contributed by atoms with van der Waals surface area (Å²) in [7, 11) is 0. The highest BCUT2D eigenvalue weighted by molar-refractivity contribution is 7.99. The number of hydrogen-bond donors (Lipinski definition) is 2. The lowest BCUT2D eigenvalue weighted by Gasteiger charge is -2.24. The summed E-state index contributed by atoms with van der Waals surface area (Å²) in [5.41, 5.74) is 0.930. The summed E-state index contributed by atoms with van der Waals surface area (Å²) in [6, 6.07) is 18.5. The van der Waals surface area contributed by atoms with Gasteiger partial charge in [0.25, 0.3) is 5.91 Å². The third-order valence-corrected chi connectivity index (χ3v) is 6.90. The molecule has 2 N–H and O–H groups in total. The average molecular weight is 557 g/mol. The van der Waals surface area contributed by atoms with Crippen molar-refractivity contribution in [2.75, 3.05) is 12.4 Å². The van der Waals surface area contributed by atoms with E-state index in [0.29, 0.717) is 29.4 Å². The molecule has 0 aliphatic rings. The number of amides is 2. The number of benzene rings is 2. The van der Waals surface area contributed by atoms with Crippen molar-refractivity contribution in [2.45, 2.75) is 44.5 Å². The fourth-order valence-corrected chi connectivity index (χ4v) is 4.82. The molecule has 3 rings (SSSR count). The van der Waals surface area contributed by atoms with Crippen molar-refractivity contribution in [3.8, 4) is 5.75 Å². The lowest BCUT2D eigenvalue weighted by Crippen LogP contribution is -2.53. The van der Waals surface area contributed by atoms with E-state index in [-0.39, 0.29) is 24.1 Å². The van der Waals surface area contributed by atoms with Gasteiger partial charge in [-0.25, -0.2) is 0 Å². The zero-order chi connectivity index (χ0) is 27.3. The number of ketones is 1. The molecule has 0 fully saturated rings. The Labute approximate surface area is 232 Å². The number of halogens is 1. The van der Waals surface area contributed by atoms with Crippen LogP contribution >= 0.6 is 23.4 Å². The van der Waals surface area contributed by atoms with Gasteiger partial charge >= 0.3 is 0 Å². The van der Waals surface area contributed by atoms with Gasteiger partial charge in [0.15, 0.2) is 12.4 Å². The van der Waals surface area contributed by atoms with E-state index in [1.807, 2.05) is 50.2 Å². The highest BCUT2D eigenvalue weighted by Gasteiger charge is 2.27. The first-order chi connectivity index (χ1) is 18.3. The summed E-state index contributed by atoms with van der Waals surface area (Å²) in [6.45, 7) is 3.64. The van der Waals surface area contributed by atoms with E-state index in [1.165, 1.54) is 11.8 Å². The van der Waals surface area contributed by atoms with Gasteiger partial charge in [-0.15, -0.1) is 11.8 Å². The Morgan fingerprint density at radius 3 is 2.37 bits per heavy atom. The molecule has 2 amide bonds. The summed E-state index contributed by atoms with van der Waals surface area (Å²) < 4.78 is 10.9. The molecule has 2 unspecified atom stereocenters. The molecule has 0 saturated carbocycles. The van der Waals surface area contributed by atoms with E-state index in [1.54, 1.807) is 36.6 Å². The second kappa shape index (κ2) is 15.2. The van der Waals surface area contributed by atoms with Crippen LogP contribution in [0.5, 0.6) is 5.75 Å². The van der Waals surface area contributed by atoms with Crippen LogP contribution < -0.4 is 15.4 Å². The highest BCUT2D eigenvalue weighted by atomic mass is 35.5. The minimum Gasteiger partial charge on any atom is -0.482 e. The molecule has 1 heterocycles. The third-order valence-electron chi connectivity index (χ3n) is 5.61. The topological polar surface area (TPSA) is 97.6 Å². The van der Waals surface area contributed by atoms with E-state index < -0.39 is 23.9 Å². The van der Waals surface area contributed by atoms with Crippen molar-refractivity contribution in [3.63, 3.8) is 0 Å². The van der Waals surface area contributed by atoms with E-state index in [4.69, 9.17) is 20.8 Å². The average Bonchev–Trinajstić information content (AvgIpc) is 3.41. The summed E-state index contributed by atoms with van der Waals surface area (Å²) in [4.78, 5) is 39.2. The quantitative estimate of drug-likeness (QED) is 0.271. The third kappa shape index (κ3) is 9.91. The van der Waals surface area contributed by atoms with Crippen molar-refractivity contribution in [2.24, 2.45) is 5.92 Å². The van der Waals surface area contributed by atoms with Crippen molar-refractivity contribution in [3.05, 3.63) is 89.3 Å². The maximum Gasteiger partial charge on any atom is 0.258 e. The standard InChI is InChI=1S/C29H33ClN2O5S/c1-20(2)15-25(31-28(34)17-37-27-13-7-6-12-23(27)30)29(35)32-24(16-21-9-4-3-5-10-21)26(33)19-38-18-22-11-8-14-36-22/h3-14,20,24-25H,15-19H2,1-2H3,(H,31,34)(H,32,35). The predicted molar refractivity (Wildman–Crippen MR) is 150 cm³/mol. The monoisotopic (exact) mass is 556 g/mol. The van der Waals surface area contributed by atoms with Crippen LogP contribution in [0.3, 0.4) is 0 Å². The van der Waals surface area contributed by atoms with Gasteiger partial charge in [-0.2, -0.15) is 0 Å². The number of ether oxygens (including phenoxy) is 1. The first-order valence-corrected chi connectivity index (χ1v) is 14.0. The van der Waals surface area contributed by atoms with Crippen LogP contribution in [0.4, 0.5) is 0 Å². The number of hydrogen-bond acceptors (Lipinski definition) is 6. The number of carbonyl (C=O) groups is 3. The molecule has 202 valence electrons. The van der Waals surface area contributed by atoms with Gasteiger partial charge < -0.3 is 19.8 Å². The van der Waals surface area contributed by atoms with Crippen molar-refractivity contribution in [1.82, 2.24) is 10.6 Å². The molecule has 7 nitrogen and oxygen atoms in total. The van der Waals surface area contributed by atoms with Gasteiger partial charge in [-0.3, -0.25) is 14.4 Å². The number of rotatable bonds is 15. The molecular formula is C29H33ClN2O5S. The zero-order valence-electron chi connectivity index (χ0n) is 21.5. The van der Waals surface area contributed by atoms with Crippen LogP contribution in [0.1, 0.15) is 31.6 Å². The summed E-state index contributed by atoms with van der Waals surface area (Å²) in [6.07, 6.45) is 2.35. The van der Waals surface area contributed by atoms with Crippen LogP contribution in [0, 0.1) is 5.92 Å². The van der Waals surface area contributed by atoms with Crippen LogP contribution in [0.15, 0.2) is 77.4 Å². The number of nitrogens with one attached hydrogen (secondary N) is 2. The van der Waals surface area contributed by atoms with Gasteiger partial charge in [0, 0.05) is 0 Å². The van der Waals surface area contributed by atoms with Crippen LogP contribution in [0.2, 0.25) is 5.02 Å². The summed E-state index contributed by atoms with van der Waals surface area (Å²) >= 11 is 7.52. The Balaban J connectivity index is 1.64. The number of Topliss-reactive ketones (excluding diaryl/α,β-unsaturated/α-hetero) is 1. The van der Waals surface area contributed by atoms with Gasteiger partial charge in [-0.1, -0.05) is 67.9 Å². The first kappa shape index (κ1) is 29.3. The van der Waals surface area contributed by atoms with E-state index in [9.17, 15) is 14.4 Å². The largest absolute Gasteiger partial charge is 0.482 e. The smallest absolute Gasteiger partial charge is 0.258 e. The van der Waals surface area contributed by atoms with Crippen LogP contribution in [-0.2, 0) is 26.6 Å². The Kier molecular flexibility index (Phi) is 11.8. The summed E-state index contributed by atoms with van der Waals surface area (Å²) in [5.74, 6) is 1.10. The highest BCUT2D eigenvalue weighted by Crippen LogP contribution is 2.23. The van der Waals surface area contributed by atoms with E-state index in [2.05, 4.69) is 10.6 Å². The minimum absolute atomic E-state index is 0.101. The molecule has 1 aromatic heterocycles. The maximum absolute atomic E-state index is 13.3. The molecule has 0 radical (unpaired) electrons. The molecular weight excluding hydrogens is 524 g/mol. The Hall–Kier alpha value is -3.23. The lowest BCUT2D eigenvalue weighted by molar-refractivity contribution is -0.132. The van der Waals surface area contributed by atoms with Gasteiger partial charge in [0.1, 0.15) is 17.6 Å². The van der Waals surface area contributed by atoms with Crippen molar-refractivity contribution >= 4 is 41.0 Å². The van der Waals surface area contributed by atoms with E-state index >= 15 is 0 Å². The molecule has 0 bridgehead atoms.